The smallest absolute Gasteiger partial charge is 0.323 e. The molecule has 0 aliphatic carbocycles. The van der Waals surface area contributed by atoms with Crippen LogP contribution in [0.25, 0.3) is 17.0 Å². The number of rotatable bonds is 14. The molecule has 4 heterocycles. The lowest BCUT2D eigenvalue weighted by Gasteiger charge is -2.24. The molecule has 212 valence electrons. The lowest BCUT2D eigenvalue weighted by molar-refractivity contribution is -0.147. The van der Waals surface area contributed by atoms with Gasteiger partial charge in [0.1, 0.15) is 43.0 Å². The quantitative estimate of drug-likeness (QED) is 0.191. The number of ether oxygens (including phenoxy) is 4. The predicted molar refractivity (Wildman–Crippen MR) is 141 cm³/mol. The standard InChI is InChI=1S/C26H31N7O7/c27-14-17-1-3-22(29-15-17)33-16-30-20-13-21(24(32-25(20)33)31-18-5-7-37-8-6-18)39-11-9-38-10-12-40-26(36)19(28)2-4-23(34)35/h1,3,13,15-16,18-19H,2,4-12,28H2,(H,31,32)(H,34,35)/t19-/m0/s1. The van der Waals surface area contributed by atoms with E-state index in [4.69, 9.17) is 40.0 Å². The van der Waals surface area contributed by atoms with Crippen molar-refractivity contribution >= 4 is 28.9 Å². The number of nitrogens with two attached hydrogens (primary N) is 1. The lowest BCUT2D eigenvalue weighted by atomic mass is 10.1. The number of nitrogens with zero attached hydrogens (tertiary/aromatic N) is 5. The fourth-order valence-electron chi connectivity index (χ4n) is 3.95. The van der Waals surface area contributed by atoms with Crippen LogP contribution in [0.2, 0.25) is 0 Å². The van der Waals surface area contributed by atoms with Gasteiger partial charge in [-0.15, -0.1) is 0 Å². The van der Waals surface area contributed by atoms with E-state index in [0.29, 0.717) is 47.3 Å². The number of nitrogens with one attached hydrogen (secondary N) is 1. The summed E-state index contributed by atoms with van der Waals surface area (Å²) in [6, 6.07) is 6.45. The monoisotopic (exact) mass is 553 g/mol. The summed E-state index contributed by atoms with van der Waals surface area (Å²) in [5.74, 6) is -0.0455. The van der Waals surface area contributed by atoms with E-state index >= 15 is 0 Å². The van der Waals surface area contributed by atoms with E-state index in [1.165, 1.54) is 6.20 Å². The van der Waals surface area contributed by atoms with Crippen LogP contribution < -0.4 is 15.8 Å². The lowest BCUT2D eigenvalue weighted by Crippen LogP contribution is -2.33. The highest BCUT2D eigenvalue weighted by molar-refractivity contribution is 5.78. The largest absolute Gasteiger partial charge is 0.487 e. The summed E-state index contributed by atoms with van der Waals surface area (Å²) < 4.78 is 23.7. The summed E-state index contributed by atoms with van der Waals surface area (Å²) in [6.45, 7) is 1.87. The van der Waals surface area contributed by atoms with Gasteiger partial charge in [0.05, 0.1) is 18.8 Å². The second-order valence-corrected chi connectivity index (χ2v) is 9.01. The number of carbonyl (C=O) groups excluding carboxylic acids is 1. The average Bonchev–Trinajstić information content (AvgIpc) is 3.38. The van der Waals surface area contributed by atoms with E-state index < -0.39 is 18.0 Å². The number of aromatic nitrogens is 4. The summed E-state index contributed by atoms with van der Waals surface area (Å²) in [6.07, 6.45) is 4.58. The van der Waals surface area contributed by atoms with Gasteiger partial charge in [0.2, 0.25) is 0 Å². The molecule has 0 aromatic carbocycles. The van der Waals surface area contributed by atoms with Gasteiger partial charge in [-0.25, -0.2) is 15.0 Å². The summed E-state index contributed by atoms with van der Waals surface area (Å²) in [5, 5.41) is 21.2. The molecular formula is C26H31N7O7. The molecule has 0 saturated carbocycles. The Morgan fingerprint density at radius 3 is 2.75 bits per heavy atom. The number of fused-ring (bicyclic) bond motifs is 1. The minimum Gasteiger partial charge on any atom is -0.487 e. The summed E-state index contributed by atoms with van der Waals surface area (Å²) >= 11 is 0. The SMILES string of the molecule is N#Cc1ccc(-n2cnc3cc(OCCOCCOC(=O)[C@@H](N)CCC(=O)O)c(NC4CCOCC4)nc32)nc1. The van der Waals surface area contributed by atoms with Gasteiger partial charge < -0.3 is 35.1 Å². The first-order valence-corrected chi connectivity index (χ1v) is 12.9. The van der Waals surface area contributed by atoms with Gasteiger partial charge in [-0.2, -0.15) is 5.26 Å². The van der Waals surface area contributed by atoms with E-state index in [0.717, 1.165) is 12.8 Å². The van der Waals surface area contributed by atoms with Gasteiger partial charge >= 0.3 is 11.9 Å². The molecule has 1 atom stereocenters. The Kier molecular flexibility index (Phi) is 10.2. The molecule has 1 saturated heterocycles. The highest BCUT2D eigenvalue weighted by Crippen LogP contribution is 2.29. The third-order valence-corrected chi connectivity index (χ3v) is 6.10. The molecule has 0 bridgehead atoms. The van der Waals surface area contributed by atoms with Crippen molar-refractivity contribution in [2.75, 3.05) is 45.0 Å². The molecule has 0 unspecified atom stereocenters. The van der Waals surface area contributed by atoms with E-state index in [-0.39, 0.29) is 45.3 Å². The Bertz CT molecular complexity index is 1330. The van der Waals surface area contributed by atoms with E-state index in [1.807, 2.05) is 0 Å². The molecule has 14 nitrogen and oxygen atoms in total. The van der Waals surface area contributed by atoms with Crippen LogP contribution in [-0.4, -0.2) is 88.3 Å². The number of carboxylic acids is 1. The van der Waals surface area contributed by atoms with Crippen LogP contribution in [0, 0.1) is 11.3 Å². The Hall–Kier alpha value is -4.32. The van der Waals surface area contributed by atoms with Crippen molar-refractivity contribution in [1.82, 2.24) is 19.5 Å². The zero-order chi connectivity index (χ0) is 28.3. The number of hydrogen-bond acceptors (Lipinski definition) is 12. The van der Waals surface area contributed by atoms with E-state index in [1.54, 1.807) is 29.1 Å². The molecule has 0 radical (unpaired) electrons. The second kappa shape index (κ2) is 14.2. The third-order valence-electron chi connectivity index (χ3n) is 6.10. The molecule has 1 aliphatic rings. The van der Waals surface area contributed by atoms with Crippen molar-refractivity contribution < 1.29 is 33.6 Å². The zero-order valence-electron chi connectivity index (χ0n) is 21.8. The van der Waals surface area contributed by atoms with Crippen LogP contribution in [-0.2, 0) is 23.8 Å². The van der Waals surface area contributed by atoms with Gasteiger partial charge in [-0.05, 0) is 31.4 Å². The first-order valence-electron chi connectivity index (χ1n) is 12.9. The fourth-order valence-corrected chi connectivity index (χ4v) is 3.95. The Morgan fingerprint density at radius 2 is 2.02 bits per heavy atom. The average molecular weight is 554 g/mol. The summed E-state index contributed by atoms with van der Waals surface area (Å²) in [5.41, 5.74) is 7.26. The van der Waals surface area contributed by atoms with Crippen molar-refractivity contribution in [3.63, 3.8) is 0 Å². The van der Waals surface area contributed by atoms with Crippen molar-refractivity contribution in [2.45, 2.75) is 37.8 Å². The number of carbonyl (C=O) groups is 2. The van der Waals surface area contributed by atoms with Crippen LogP contribution in [0.15, 0.2) is 30.7 Å². The van der Waals surface area contributed by atoms with Crippen molar-refractivity contribution in [3.8, 4) is 17.6 Å². The first-order chi connectivity index (χ1) is 19.4. The van der Waals surface area contributed by atoms with Crippen LogP contribution >= 0.6 is 0 Å². The molecule has 4 N–H and O–H groups in total. The van der Waals surface area contributed by atoms with Gasteiger partial charge in [0.25, 0.3) is 0 Å². The maximum atomic E-state index is 11.8. The maximum Gasteiger partial charge on any atom is 0.323 e. The number of nitriles is 1. The molecule has 1 fully saturated rings. The molecule has 0 amide bonds. The van der Waals surface area contributed by atoms with E-state index in [9.17, 15) is 9.59 Å². The number of pyridine rings is 2. The number of anilines is 1. The highest BCUT2D eigenvalue weighted by atomic mass is 16.6. The van der Waals surface area contributed by atoms with Crippen LogP contribution in [0.1, 0.15) is 31.2 Å². The van der Waals surface area contributed by atoms with Gasteiger partial charge in [-0.1, -0.05) is 0 Å². The number of aliphatic carboxylic acids is 1. The molecule has 0 spiro atoms. The predicted octanol–water partition coefficient (Wildman–Crippen LogP) is 1.41. The van der Waals surface area contributed by atoms with Crippen LogP contribution in [0.4, 0.5) is 5.82 Å². The number of carboxylic acid groups (broad SMARTS) is 1. The Morgan fingerprint density at radius 1 is 1.23 bits per heavy atom. The molecule has 14 heteroatoms. The molecule has 3 aromatic heterocycles. The minimum atomic E-state index is -1.02. The second-order valence-electron chi connectivity index (χ2n) is 9.01. The number of imidazole rings is 1. The van der Waals surface area contributed by atoms with Crippen LogP contribution in [0.5, 0.6) is 5.75 Å². The summed E-state index contributed by atoms with van der Waals surface area (Å²) in [4.78, 5) is 36.0. The van der Waals surface area contributed by atoms with E-state index in [2.05, 4.69) is 21.4 Å². The fraction of sp³-hybridized carbons (Fsp3) is 0.462. The minimum absolute atomic E-state index is 0.00766. The number of esters is 1. The molecule has 40 heavy (non-hydrogen) atoms. The van der Waals surface area contributed by atoms with Crippen LogP contribution in [0.3, 0.4) is 0 Å². The highest BCUT2D eigenvalue weighted by Gasteiger charge is 2.20. The Balaban J connectivity index is 1.35. The van der Waals surface area contributed by atoms with Crippen molar-refractivity contribution in [3.05, 3.63) is 36.3 Å². The Labute approximate surface area is 230 Å². The molecule has 4 rings (SSSR count). The molecule has 1 aliphatic heterocycles. The van der Waals surface area contributed by atoms with Crippen molar-refractivity contribution in [2.24, 2.45) is 5.73 Å². The van der Waals surface area contributed by atoms with Gasteiger partial charge in [0, 0.05) is 37.9 Å². The molecule has 3 aromatic rings. The zero-order valence-corrected chi connectivity index (χ0v) is 21.8. The van der Waals surface area contributed by atoms with Crippen molar-refractivity contribution in [1.29, 1.82) is 5.26 Å². The molecular weight excluding hydrogens is 522 g/mol. The number of hydrogen-bond donors (Lipinski definition) is 3. The topological polar surface area (TPSA) is 197 Å². The first kappa shape index (κ1) is 28.7. The summed E-state index contributed by atoms with van der Waals surface area (Å²) in [7, 11) is 0. The maximum absolute atomic E-state index is 11.8. The van der Waals surface area contributed by atoms with Gasteiger partial charge in [0.15, 0.2) is 17.2 Å². The van der Waals surface area contributed by atoms with Gasteiger partial charge in [-0.3, -0.25) is 14.2 Å². The third kappa shape index (κ3) is 7.85. The normalized spacial score (nSPS) is 14.4.